The number of nitrogens with one attached hydrogen (secondary N) is 1. The van der Waals surface area contributed by atoms with Crippen LogP contribution in [-0.4, -0.2) is 48.0 Å². The Morgan fingerprint density at radius 2 is 1.76 bits per heavy atom. The fourth-order valence-electron chi connectivity index (χ4n) is 3.63. The lowest BCUT2D eigenvalue weighted by Gasteiger charge is -2.27. The lowest BCUT2D eigenvalue weighted by atomic mass is 10.2. The van der Waals surface area contributed by atoms with Crippen molar-refractivity contribution in [2.24, 2.45) is 0 Å². The van der Waals surface area contributed by atoms with Crippen molar-refractivity contribution in [2.45, 2.75) is 32.6 Å². The predicted molar refractivity (Wildman–Crippen MR) is 133 cm³/mol. The first-order valence-electron chi connectivity index (χ1n) is 12.0. The maximum Gasteiger partial charge on any atom is 0.416 e. The SMILES string of the molecule is CCOCCCN(CC(=O)N(Cc1ccc(F)cc1)Cc1ccco1)C(=O)Nc1cccc(C(F)(F)F)c1. The minimum atomic E-state index is -4.57. The second-order valence-electron chi connectivity index (χ2n) is 8.44. The standard InChI is InChI=1S/C27H29F4N3O4/c1-2-37-14-5-13-33(26(36)32-23-7-3-6-21(16-23)27(29,30)31)19-25(35)34(18-24-8-4-15-38-24)17-20-9-11-22(28)12-10-20/h3-4,6-12,15-16H,2,5,13-14,17-19H2,1H3,(H,32,36). The number of amides is 3. The Morgan fingerprint density at radius 3 is 2.42 bits per heavy atom. The molecule has 1 aromatic heterocycles. The summed E-state index contributed by atoms with van der Waals surface area (Å²) in [5, 5.41) is 2.46. The molecule has 7 nitrogen and oxygen atoms in total. The van der Waals surface area contributed by atoms with E-state index in [0.29, 0.717) is 31.0 Å². The van der Waals surface area contributed by atoms with Gasteiger partial charge in [0.05, 0.1) is 18.4 Å². The summed E-state index contributed by atoms with van der Waals surface area (Å²) >= 11 is 0. The summed E-state index contributed by atoms with van der Waals surface area (Å²) in [4.78, 5) is 29.1. The molecule has 0 unspecified atom stereocenters. The highest BCUT2D eigenvalue weighted by Gasteiger charge is 2.31. The third kappa shape index (κ3) is 8.91. The minimum absolute atomic E-state index is 0.0502. The number of urea groups is 1. The van der Waals surface area contributed by atoms with E-state index in [1.807, 2.05) is 6.92 Å². The molecule has 204 valence electrons. The van der Waals surface area contributed by atoms with Crippen molar-refractivity contribution in [3.8, 4) is 0 Å². The van der Waals surface area contributed by atoms with Gasteiger partial charge >= 0.3 is 12.2 Å². The Balaban J connectivity index is 1.77. The van der Waals surface area contributed by atoms with Gasteiger partial charge < -0.3 is 24.3 Å². The predicted octanol–water partition coefficient (Wildman–Crippen LogP) is 5.93. The summed E-state index contributed by atoms with van der Waals surface area (Å²) in [5.74, 6) is -0.331. The van der Waals surface area contributed by atoms with Crippen molar-refractivity contribution in [3.63, 3.8) is 0 Å². The molecule has 0 radical (unpaired) electrons. The molecule has 11 heteroatoms. The highest BCUT2D eigenvalue weighted by atomic mass is 19.4. The van der Waals surface area contributed by atoms with Crippen LogP contribution in [0.3, 0.4) is 0 Å². The van der Waals surface area contributed by atoms with Crippen molar-refractivity contribution in [1.29, 1.82) is 0 Å². The number of carbonyl (C=O) groups is 2. The Kier molecular flexibility index (Phi) is 10.3. The van der Waals surface area contributed by atoms with Crippen LogP contribution in [0.5, 0.6) is 0 Å². The summed E-state index contributed by atoms with van der Waals surface area (Å²) in [7, 11) is 0. The fraction of sp³-hybridized carbons (Fsp3) is 0.333. The summed E-state index contributed by atoms with van der Waals surface area (Å²) in [6.07, 6.45) is -2.69. The second-order valence-corrected chi connectivity index (χ2v) is 8.44. The van der Waals surface area contributed by atoms with Crippen molar-refractivity contribution in [1.82, 2.24) is 9.80 Å². The molecule has 0 aliphatic rings. The topological polar surface area (TPSA) is 75.0 Å². The smallest absolute Gasteiger partial charge is 0.416 e. The van der Waals surface area contributed by atoms with Crippen molar-refractivity contribution in [3.05, 3.63) is 89.6 Å². The molecule has 0 atom stereocenters. The van der Waals surface area contributed by atoms with Gasteiger partial charge in [-0.3, -0.25) is 4.79 Å². The Labute approximate surface area is 218 Å². The van der Waals surface area contributed by atoms with Crippen LogP contribution in [0.15, 0.2) is 71.3 Å². The second kappa shape index (κ2) is 13.6. The summed E-state index contributed by atoms with van der Waals surface area (Å²) in [6, 6.07) is 12.6. The van der Waals surface area contributed by atoms with Crippen LogP contribution in [0, 0.1) is 5.82 Å². The van der Waals surface area contributed by atoms with Gasteiger partial charge in [0.1, 0.15) is 18.1 Å². The molecule has 0 saturated heterocycles. The average Bonchev–Trinajstić information content (AvgIpc) is 3.39. The molecular weight excluding hydrogens is 506 g/mol. The Morgan fingerprint density at radius 1 is 1.00 bits per heavy atom. The van der Waals surface area contributed by atoms with Crippen LogP contribution in [-0.2, 0) is 28.8 Å². The van der Waals surface area contributed by atoms with Gasteiger partial charge in [-0.2, -0.15) is 13.2 Å². The number of anilines is 1. The molecule has 3 amide bonds. The van der Waals surface area contributed by atoms with Crippen molar-refractivity contribution >= 4 is 17.6 Å². The van der Waals surface area contributed by atoms with Crippen molar-refractivity contribution < 1.29 is 36.3 Å². The summed E-state index contributed by atoms with van der Waals surface area (Å²) < 4.78 is 63.4. The molecule has 0 saturated carbocycles. The van der Waals surface area contributed by atoms with Crippen LogP contribution < -0.4 is 5.32 Å². The molecular formula is C27H29F4N3O4. The lowest BCUT2D eigenvalue weighted by molar-refractivity contribution is -0.137. The molecule has 0 spiro atoms. The van der Waals surface area contributed by atoms with Gasteiger partial charge in [0, 0.05) is 32.0 Å². The summed E-state index contributed by atoms with van der Waals surface area (Å²) in [6.45, 7) is 2.64. The van der Waals surface area contributed by atoms with E-state index >= 15 is 0 Å². The highest BCUT2D eigenvalue weighted by Crippen LogP contribution is 2.30. The zero-order chi connectivity index (χ0) is 27.5. The van der Waals surface area contributed by atoms with E-state index in [1.54, 1.807) is 24.3 Å². The number of ether oxygens (including phenoxy) is 1. The molecule has 0 aliphatic carbocycles. The third-order valence-electron chi connectivity index (χ3n) is 5.54. The molecule has 3 rings (SSSR count). The fourth-order valence-corrected chi connectivity index (χ4v) is 3.63. The number of hydrogen-bond donors (Lipinski definition) is 1. The van der Waals surface area contributed by atoms with E-state index in [0.717, 1.165) is 12.1 Å². The van der Waals surface area contributed by atoms with Crippen molar-refractivity contribution in [2.75, 3.05) is 31.6 Å². The van der Waals surface area contributed by atoms with Gasteiger partial charge in [-0.25, -0.2) is 9.18 Å². The monoisotopic (exact) mass is 535 g/mol. The van der Waals surface area contributed by atoms with Gasteiger partial charge in [-0.05, 0) is 61.4 Å². The Bertz CT molecular complexity index is 1170. The summed E-state index contributed by atoms with van der Waals surface area (Å²) in [5.41, 5.74) is -0.286. The van der Waals surface area contributed by atoms with Crippen LogP contribution in [0.2, 0.25) is 0 Å². The van der Waals surface area contributed by atoms with Crippen LogP contribution in [0.4, 0.5) is 28.0 Å². The maximum atomic E-state index is 13.4. The first-order chi connectivity index (χ1) is 18.2. The number of rotatable bonds is 12. The number of alkyl halides is 3. The van der Waals surface area contributed by atoms with Gasteiger partial charge in [0.25, 0.3) is 0 Å². The number of nitrogens with zero attached hydrogens (tertiary/aromatic N) is 2. The van der Waals surface area contributed by atoms with Gasteiger partial charge in [-0.15, -0.1) is 0 Å². The molecule has 0 aliphatic heterocycles. The maximum absolute atomic E-state index is 13.4. The molecule has 2 aromatic carbocycles. The third-order valence-corrected chi connectivity index (χ3v) is 5.54. The van der Waals surface area contributed by atoms with E-state index < -0.39 is 29.5 Å². The van der Waals surface area contributed by atoms with E-state index in [-0.39, 0.29) is 31.9 Å². The number of carbonyl (C=O) groups excluding carboxylic acids is 2. The quantitative estimate of drug-likeness (QED) is 0.231. The van der Waals surface area contributed by atoms with Gasteiger partial charge in [-0.1, -0.05) is 18.2 Å². The largest absolute Gasteiger partial charge is 0.467 e. The van der Waals surface area contributed by atoms with E-state index in [2.05, 4.69) is 5.32 Å². The van der Waals surface area contributed by atoms with Crippen LogP contribution in [0.1, 0.15) is 30.2 Å². The number of benzene rings is 2. The molecule has 0 bridgehead atoms. The Hall–Kier alpha value is -3.86. The molecule has 3 aromatic rings. The molecule has 0 fully saturated rings. The lowest BCUT2D eigenvalue weighted by Crippen LogP contribution is -2.44. The van der Waals surface area contributed by atoms with E-state index in [9.17, 15) is 27.2 Å². The average molecular weight is 536 g/mol. The van der Waals surface area contributed by atoms with E-state index in [1.165, 1.54) is 40.3 Å². The van der Waals surface area contributed by atoms with Gasteiger partial charge in [0.2, 0.25) is 5.91 Å². The molecule has 38 heavy (non-hydrogen) atoms. The number of furan rings is 1. The normalized spacial score (nSPS) is 11.3. The molecule has 1 heterocycles. The van der Waals surface area contributed by atoms with Gasteiger partial charge in [0.15, 0.2) is 0 Å². The van der Waals surface area contributed by atoms with Crippen LogP contribution in [0.25, 0.3) is 0 Å². The van der Waals surface area contributed by atoms with E-state index in [4.69, 9.17) is 9.15 Å². The minimum Gasteiger partial charge on any atom is -0.467 e. The highest BCUT2D eigenvalue weighted by molar-refractivity contribution is 5.92. The zero-order valence-corrected chi connectivity index (χ0v) is 20.8. The number of hydrogen-bond acceptors (Lipinski definition) is 4. The first kappa shape index (κ1) is 28.7. The molecule has 1 N–H and O–H groups in total. The zero-order valence-electron chi connectivity index (χ0n) is 20.8. The van der Waals surface area contributed by atoms with Crippen LogP contribution >= 0.6 is 0 Å². The number of halogens is 4. The first-order valence-corrected chi connectivity index (χ1v) is 12.0.